The van der Waals surface area contributed by atoms with Crippen molar-refractivity contribution in [3.63, 3.8) is 0 Å². The molecule has 0 aromatic carbocycles. The smallest absolute Gasteiger partial charge is 0.0496 e. The van der Waals surface area contributed by atoms with E-state index < -0.39 is 0 Å². The standard InChI is InChI=1S/C18H34O/c1-17(2,3)15-10-12-8-9-13(14(15)11-19-7)16(12)18(4,5)6/h12-16H,8-11H2,1-7H3. The highest BCUT2D eigenvalue weighted by molar-refractivity contribution is 5.02. The van der Waals surface area contributed by atoms with Gasteiger partial charge in [-0.3, -0.25) is 0 Å². The van der Waals surface area contributed by atoms with Crippen LogP contribution in [-0.4, -0.2) is 13.7 Å². The minimum Gasteiger partial charge on any atom is -0.384 e. The minimum atomic E-state index is 0.424. The fourth-order valence-electron chi connectivity index (χ4n) is 5.44. The average Bonchev–Trinajstić information content (AvgIpc) is 2.57. The van der Waals surface area contributed by atoms with E-state index in [-0.39, 0.29) is 0 Å². The quantitative estimate of drug-likeness (QED) is 0.683. The van der Waals surface area contributed by atoms with E-state index in [9.17, 15) is 0 Å². The van der Waals surface area contributed by atoms with Crippen LogP contribution < -0.4 is 0 Å². The van der Waals surface area contributed by atoms with Gasteiger partial charge in [0.25, 0.3) is 0 Å². The number of rotatable bonds is 2. The summed E-state index contributed by atoms with van der Waals surface area (Å²) in [6, 6.07) is 0. The maximum absolute atomic E-state index is 5.62. The predicted octanol–water partition coefficient (Wildman–Crippen LogP) is 5.00. The van der Waals surface area contributed by atoms with Gasteiger partial charge in [0, 0.05) is 13.7 Å². The zero-order valence-electron chi connectivity index (χ0n) is 14.1. The first kappa shape index (κ1) is 15.4. The second kappa shape index (κ2) is 5.06. The van der Waals surface area contributed by atoms with Crippen LogP contribution in [0.5, 0.6) is 0 Å². The number of hydrogen-bond acceptors (Lipinski definition) is 1. The lowest BCUT2D eigenvalue weighted by atomic mass is 9.55. The zero-order chi connectivity index (χ0) is 14.4. The topological polar surface area (TPSA) is 9.23 Å². The lowest BCUT2D eigenvalue weighted by Gasteiger charge is -2.51. The van der Waals surface area contributed by atoms with Crippen molar-refractivity contribution in [2.75, 3.05) is 13.7 Å². The Bertz CT molecular complexity index is 307. The summed E-state index contributed by atoms with van der Waals surface area (Å²) in [6.07, 6.45) is 4.32. The van der Waals surface area contributed by atoms with Crippen molar-refractivity contribution >= 4 is 0 Å². The van der Waals surface area contributed by atoms with E-state index >= 15 is 0 Å². The highest BCUT2D eigenvalue weighted by Gasteiger charge is 2.54. The highest BCUT2D eigenvalue weighted by Crippen LogP contribution is 2.60. The van der Waals surface area contributed by atoms with E-state index in [1.54, 1.807) is 0 Å². The van der Waals surface area contributed by atoms with Crippen LogP contribution in [0.1, 0.15) is 60.8 Å². The van der Waals surface area contributed by atoms with Gasteiger partial charge in [0.1, 0.15) is 0 Å². The van der Waals surface area contributed by atoms with E-state index in [1.807, 2.05) is 7.11 Å². The van der Waals surface area contributed by atoms with Gasteiger partial charge in [-0.15, -0.1) is 0 Å². The van der Waals surface area contributed by atoms with Gasteiger partial charge >= 0.3 is 0 Å². The second-order valence-electron chi connectivity index (χ2n) is 9.22. The summed E-state index contributed by atoms with van der Waals surface area (Å²) in [6.45, 7) is 15.6. The van der Waals surface area contributed by atoms with Crippen LogP contribution in [0.2, 0.25) is 0 Å². The molecule has 5 unspecified atom stereocenters. The van der Waals surface area contributed by atoms with Crippen molar-refractivity contribution in [1.82, 2.24) is 0 Å². The molecule has 2 aliphatic rings. The Labute approximate surface area is 120 Å². The molecule has 0 aromatic heterocycles. The first-order chi connectivity index (χ1) is 8.66. The van der Waals surface area contributed by atoms with Crippen molar-refractivity contribution in [3.8, 4) is 0 Å². The van der Waals surface area contributed by atoms with Crippen molar-refractivity contribution in [2.45, 2.75) is 60.8 Å². The molecule has 2 aliphatic carbocycles. The minimum absolute atomic E-state index is 0.424. The van der Waals surface area contributed by atoms with E-state index in [2.05, 4.69) is 41.5 Å². The summed E-state index contributed by atoms with van der Waals surface area (Å²) in [5, 5.41) is 0. The molecule has 0 spiro atoms. The molecule has 112 valence electrons. The molecule has 2 rings (SSSR count). The molecule has 5 atom stereocenters. The fourth-order valence-corrected chi connectivity index (χ4v) is 5.44. The van der Waals surface area contributed by atoms with Gasteiger partial charge < -0.3 is 4.74 Å². The zero-order valence-corrected chi connectivity index (χ0v) is 14.1. The molecule has 1 nitrogen and oxygen atoms in total. The Balaban J connectivity index is 2.28. The van der Waals surface area contributed by atoms with Gasteiger partial charge in [-0.05, 0) is 59.7 Å². The Morgan fingerprint density at radius 1 is 0.947 bits per heavy atom. The molecule has 0 saturated heterocycles. The third kappa shape index (κ3) is 2.86. The molecule has 0 N–H and O–H groups in total. The van der Waals surface area contributed by atoms with Crippen molar-refractivity contribution in [2.24, 2.45) is 40.4 Å². The molecule has 0 amide bonds. The molecule has 0 radical (unpaired) electrons. The lowest BCUT2D eigenvalue weighted by molar-refractivity contribution is -0.0522. The molecule has 2 fully saturated rings. The van der Waals surface area contributed by atoms with Crippen LogP contribution in [0.4, 0.5) is 0 Å². The summed E-state index contributed by atoms with van der Waals surface area (Å²) in [4.78, 5) is 0. The van der Waals surface area contributed by atoms with Gasteiger partial charge in [-0.25, -0.2) is 0 Å². The third-order valence-electron chi connectivity index (χ3n) is 5.93. The summed E-state index contributed by atoms with van der Waals surface area (Å²) < 4.78 is 5.62. The van der Waals surface area contributed by atoms with Gasteiger partial charge in [-0.1, -0.05) is 41.5 Å². The fraction of sp³-hybridized carbons (Fsp3) is 1.00. The summed E-state index contributed by atoms with van der Waals surface area (Å²) >= 11 is 0. The monoisotopic (exact) mass is 266 g/mol. The molecule has 0 heterocycles. The van der Waals surface area contributed by atoms with Crippen LogP contribution in [-0.2, 0) is 4.74 Å². The third-order valence-corrected chi connectivity index (χ3v) is 5.93. The normalized spacial score (nSPS) is 39.6. The Morgan fingerprint density at radius 2 is 1.58 bits per heavy atom. The average molecular weight is 266 g/mol. The van der Waals surface area contributed by atoms with Crippen molar-refractivity contribution < 1.29 is 4.74 Å². The Hall–Kier alpha value is -0.0400. The van der Waals surface area contributed by atoms with Gasteiger partial charge in [0.05, 0.1) is 0 Å². The Kier molecular flexibility index (Phi) is 4.09. The van der Waals surface area contributed by atoms with Gasteiger partial charge in [0.2, 0.25) is 0 Å². The Morgan fingerprint density at radius 3 is 2.05 bits per heavy atom. The molecule has 0 aliphatic heterocycles. The summed E-state index contributed by atoms with van der Waals surface area (Å²) in [5.74, 6) is 4.37. The van der Waals surface area contributed by atoms with Crippen LogP contribution in [0.25, 0.3) is 0 Å². The van der Waals surface area contributed by atoms with E-state index in [4.69, 9.17) is 4.74 Å². The maximum atomic E-state index is 5.62. The predicted molar refractivity (Wildman–Crippen MR) is 82.1 cm³/mol. The molecule has 1 heteroatoms. The number of fused-ring (bicyclic) bond motifs is 2. The highest BCUT2D eigenvalue weighted by atomic mass is 16.5. The van der Waals surface area contributed by atoms with Gasteiger partial charge in [0.15, 0.2) is 0 Å². The first-order valence-corrected chi connectivity index (χ1v) is 8.15. The molecular formula is C18H34O. The SMILES string of the molecule is COCC1C2CCC(CC1C(C)(C)C)C2C(C)(C)C. The van der Waals surface area contributed by atoms with E-state index in [0.29, 0.717) is 10.8 Å². The van der Waals surface area contributed by atoms with Crippen LogP contribution >= 0.6 is 0 Å². The summed E-state index contributed by atoms with van der Waals surface area (Å²) in [5.41, 5.74) is 0.883. The number of hydrogen-bond donors (Lipinski definition) is 0. The van der Waals surface area contributed by atoms with Crippen molar-refractivity contribution in [3.05, 3.63) is 0 Å². The molecule has 2 bridgehead atoms. The number of methoxy groups -OCH3 is 1. The lowest BCUT2D eigenvalue weighted by Crippen LogP contribution is -2.46. The summed E-state index contributed by atoms with van der Waals surface area (Å²) in [7, 11) is 1.88. The molecule has 0 aromatic rings. The van der Waals surface area contributed by atoms with Crippen LogP contribution in [0.15, 0.2) is 0 Å². The largest absolute Gasteiger partial charge is 0.384 e. The second-order valence-corrected chi connectivity index (χ2v) is 9.22. The number of ether oxygens (including phenoxy) is 1. The van der Waals surface area contributed by atoms with Crippen LogP contribution in [0, 0.1) is 40.4 Å². The van der Waals surface area contributed by atoms with E-state index in [1.165, 1.54) is 19.3 Å². The van der Waals surface area contributed by atoms with E-state index in [0.717, 1.165) is 36.2 Å². The molecule has 19 heavy (non-hydrogen) atoms. The van der Waals surface area contributed by atoms with Crippen LogP contribution in [0.3, 0.4) is 0 Å². The molecular weight excluding hydrogens is 232 g/mol. The molecule has 2 saturated carbocycles. The van der Waals surface area contributed by atoms with Gasteiger partial charge in [-0.2, -0.15) is 0 Å². The first-order valence-electron chi connectivity index (χ1n) is 8.15. The van der Waals surface area contributed by atoms with Crippen molar-refractivity contribution in [1.29, 1.82) is 0 Å². The maximum Gasteiger partial charge on any atom is 0.0496 e.